The van der Waals surface area contributed by atoms with Gasteiger partial charge in [-0.25, -0.2) is 0 Å². The van der Waals surface area contributed by atoms with Crippen LogP contribution in [0.15, 0.2) is 109 Å². The molecule has 0 fully saturated rings. The highest BCUT2D eigenvalue weighted by molar-refractivity contribution is 6.21. The van der Waals surface area contributed by atoms with Crippen molar-refractivity contribution in [2.45, 2.75) is 91.9 Å². The van der Waals surface area contributed by atoms with Crippen LogP contribution in [0.3, 0.4) is 0 Å². The minimum Gasteiger partial charge on any atom is -0.490 e. The molecule has 266 valence electrons. The molecule has 0 unspecified atom stereocenters. The van der Waals surface area contributed by atoms with Gasteiger partial charge in [-0.2, -0.15) is 0 Å². The van der Waals surface area contributed by atoms with Crippen molar-refractivity contribution >= 4 is 43.1 Å². The molecule has 0 N–H and O–H groups in total. The van der Waals surface area contributed by atoms with Crippen molar-refractivity contribution in [3.63, 3.8) is 0 Å². The molecule has 0 bridgehead atoms. The zero-order valence-corrected chi connectivity index (χ0v) is 31.7. The van der Waals surface area contributed by atoms with E-state index >= 15 is 0 Å². The van der Waals surface area contributed by atoms with E-state index in [2.05, 4.69) is 137 Å². The predicted molar refractivity (Wildman–Crippen MR) is 225 cm³/mol. The van der Waals surface area contributed by atoms with Gasteiger partial charge in [-0.1, -0.05) is 150 Å². The number of hydrogen-bond donors (Lipinski definition) is 0. The monoisotopic (exact) mass is 686 g/mol. The maximum atomic E-state index is 6.68. The maximum Gasteiger partial charge on any atom is 0.161 e. The normalized spacial score (nSPS) is 11.6. The molecular formula is C50H54O2. The Bertz CT molecular complexity index is 2040. The molecule has 0 amide bonds. The molecule has 52 heavy (non-hydrogen) atoms. The van der Waals surface area contributed by atoms with Crippen LogP contribution in [0, 0.1) is 0 Å². The van der Waals surface area contributed by atoms with E-state index in [0.717, 1.165) is 50.0 Å². The third-order valence-electron chi connectivity index (χ3n) is 10.8. The van der Waals surface area contributed by atoms with Gasteiger partial charge in [0.1, 0.15) is 0 Å². The molecule has 7 rings (SSSR count). The third-order valence-corrected chi connectivity index (χ3v) is 10.8. The van der Waals surface area contributed by atoms with Crippen LogP contribution in [0.1, 0.15) is 90.2 Å². The summed E-state index contributed by atoms with van der Waals surface area (Å²) in [6.45, 7) is 10.3. The lowest BCUT2D eigenvalue weighted by Gasteiger charge is -2.24. The largest absolute Gasteiger partial charge is 0.490 e. The SMILES string of the molecule is CCCCOc1cc(-c2c3ccccc3c(CCCC)c3ccccc23)c(-c2c3ccccc3c(CCCC)c3ccccc23)cc1OCCCC. The van der Waals surface area contributed by atoms with Gasteiger partial charge >= 0.3 is 0 Å². The van der Waals surface area contributed by atoms with Crippen LogP contribution in [-0.2, 0) is 12.8 Å². The Morgan fingerprint density at radius 3 is 0.942 bits per heavy atom. The van der Waals surface area contributed by atoms with Gasteiger partial charge < -0.3 is 9.47 Å². The number of rotatable bonds is 16. The Labute approximate surface area is 310 Å². The standard InChI is InChI=1S/C50H54O2/c1-5-9-21-35-37-23-13-17-27-41(37)49(42-28-18-14-24-38(35)42)45-33-47(51-31-11-7-3)48(52-32-12-8-4)34-46(45)50-43-29-19-15-25-39(43)36(22-10-6-2)40-26-16-20-30-44(40)50/h13-20,23-30,33-34H,5-12,21-22,31-32H2,1-4H3. The predicted octanol–water partition coefficient (Wildman–Crippen LogP) is 14.7. The summed E-state index contributed by atoms with van der Waals surface area (Å²) in [6, 6.07) is 41.0. The number of benzene rings is 7. The molecule has 0 atom stereocenters. The van der Waals surface area contributed by atoms with E-state index in [1.54, 1.807) is 0 Å². The molecule has 0 aliphatic rings. The van der Waals surface area contributed by atoms with Gasteiger partial charge in [0.25, 0.3) is 0 Å². The highest BCUT2D eigenvalue weighted by atomic mass is 16.5. The molecule has 0 saturated carbocycles. The summed E-state index contributed by atoms with van der Waals surface area (Å²) in [5.74, 6) is 1.67. The molecule has 0 aliphatic heterocycles. The third kappa shape index (κ3) is 6.88. The van der Waals surface area contributed by atoms with Crippen molar-refractivity contribution in [3.05, 3.63) is 120 Å². The minimum absolute atomic E-state index is 0.662. The zero-order chi connectivity index (χ0) is 35.9. The Balaban J connectivity index is 1.64. The van der Waals surface area contributed by atoms with Gasteiger partial charge in [0, 0.05) is 0 Å². The van der Waals surface area contributed by atoms with Gasteiger partial charge in [-0.15, -0.1) is 0 Å². The molecule has 0 saturated heterocycles. The summed E-state index contributed by atoms with van der Waals surface area (Å²) in [4.78, 5) is 0. The average molecular weight is 687 g/mol. The van der Waals surface area contributed by atoms with Gasteiger partial charge in [-0.05, 0) is 127 Å². The summed E-state index contributed by atoms with van der Waals surface area (Å²) < 4.78 is 13.4. The number of fused-ring (bicyclic) bond motifs is 4. The first-order valence-corrected chi connectivity index (χ1v) is 20.0. The number of aryl methyl sites for hydroxylation is 2. The molecule has 0 spiro atoms. The number of unbranched alkanes of at least 4 members (excludes halogenated alkanes) is 4. The number of ether oxygens (including phenoxy) is 2. The van der Waals surface area contributed by atoms with Gasteiger partial charge in [0.15, 0.2) is 11.5 Å². The van der Waals surface area contributed by atoms with Gasteiger partial charge in [0.05, 0.1) is 13.2 Å². The van der Waals surface area contributed by atoms with Crippen LogP contribution >= 0.6 is 0 Å². The molecule has 2 nitrogen and oxygen atoms in total. The first kappa shape index (κ1) is 35.6. The molecule has 7 aromatic carbocycles. The molecule has 2 heteroatoms. The molecule has 0 aliphatic carbocycles. The fraction of sp³-hybridized carbons (Fsp3) is 0.320. The van der Waals surface area contributed by atoms with E-state index < -0.39 is 0 Å². The van der Waals surface area contributed by atoms with Crippen molar-refractivity contribution in [1.29, 1.82) is 0 Å². The summed E-state index contributed by atoms with van der Waals surface area (Å²) in [7, 11) is 0. The topological polar surface area (TPSA) is 18.5 Å². The van der Waals surface area contributed by atoms with Crippen LogP contribution < -0.4 is 9.47 Å². The van der Waals surface area contributed by atoms with Crippen molar-refractivity contribution in [2.75, 3.05) is 13.2 Å². The van der Waals surface area contributed by atoms with Gasteiger partial charge in [0.2, 0.25) is 0 Å². The lowest BCUT2D eigenvalue weighted by molar-refractivity contribution is 0.262. The fourth-order valence-electron chi connectivity index (χ4n) is 8.12. The second kappa shape index (κ2) is 16.7. The quantitative estimate of drug-likeness (QED) is 0.0744. The lowest BCUT2D eigenvalue weighted by atomic mass is 9.81. The number of hydrogen-bond acceptors (Lipinski definition) is 2. The van der Waals surface area contributed by atoms with Crippen LogP contribution in [0.2, 0.25) is 0 Å². The summed E-state index contributed by atoms with van der Waals surface area (Å²) in [5, 5.41) is 10.5. The van der Waals surface area contributed by atoms with Crippen LogP contribution in [0.5, 0.6) is 11.5 Å². The second-order valence-electron chi connectivity index (χ2n) is 14.3. The fourth-order valence-corrected chi connectivity index (χ4v) is 8.12. The Morgan fingerprint density at radius 1 is 0.365 bits per heavy atom. The van der Waals surface area contributed by atoms with E-state index in [1.807, 2.05) is 0 Å². The highest BCUT2D eigenvalue weighted by Crippen LogP contribution is 2.50. The lowest BCUT2D eigenvalue weighted by Crippen LogP contribution is -2.04. The molecule has 7 aromatic rings. The average Bonchev–Trinajstić information content (AvgIpc) is 3.19. The van der Waals surface area contributed by atoms with E-state index in [-0.39, 0.29) is 0 Å². The first-order chi connectivity index (χ1) is 25.7. The first-order valence-electron chi connectivity index (χ1n) is 20.0. The van der Waals surface area contributed by atoms with E-state index in [4.69, 9.17) is 9.47 Å². The van der Waals surface area contributed by atoms with Gasteiger partial charge in [-0.3, -0.25) is 0 Å². The summed E-state index contributed by atoms with van der Waals surface area (Å²) in [6.07, 6.45) is 10.9. The Morgan fingerprint density at radius 2 is 0.654 bits per heavy atom. The molecule has 0 radical (unpaired) electrons. The Kier molecular flexibility index (Phi) is 11.4. The smallest absolute Gasteiger partial charge is 0.161 e. The van der Waals surface area contributed by atoms with E-state index in [1.165, 1.54) is 102 Å². The van der Waals surface area contributed by atoms with Crippen LogP contribution in [0.4, 0.5) is 0 Å². The van der Waals surface area contributed by atoms with Crippen molar-refractivity contribution in [1.82, 2.24) is 0 Å². The molecule has 0 aromatic heterocycles. The maximum absolute atomic E-state index is 6.68. The summed E-state index contributed by atoms with van der Waals surface area (Å²) in [5.41, 5.74) is 7.83. The molecular weight excluding hydrogens is 633 g/mol. The minimum atomic E-state index is 0.662. The van der Waals surface area contributed by atoms with Crippen molar-refractivity contribution < 1.29 is 9.47 Å². The van der Waals surface area contributed by atoms with Crippen LogP contribution in [-0.4, -0.2) is 13.2 Å². The van der Waals surface area contributed by atoms with Crippen LogP contribution in [0.25, 0.3) is 65.3 Å². The Hall–Kier alpha value is -4.82. The molecule has 0 heterocycles. The summed E-state index contributed by atoms with van der Waals surface area (Å²) >= 11 is 0. The highest BCUT2D eigenvalue weighted by Gasteiger charge is 2.24. The zero-order valence-electron chi connectivity index (χ0n) is 31.7. The van der Waals surface area contributed by atoms with Crippen molar-refractivity contribution in [3.8, 4) is 33.8 Å². The van der Waals surface area contributed by atoms with E-state index in [9.17, 15) is 0 Å². The van der Waals surface area contributed by atoms with Crippen molar-refractivity contribution in [2.24, 2.45) is 0 Å². The second-order valence-corrected chi connectivity index (χ2v) is 14.3. The van der Waals surface area contributed by atoms with E-state index in [0.29, 0.717) is 13.2 Å².